The Hall–Kier alpha value is -2.80. The number of esters is 1. The summed E-state index contributed by atoms with van der Waals surface area (Å²) in [6.45, 7) is 3.38. The molecule has 1 aromatic carbocycles. The van der Waals surface area contributed by atoms with Gasteiger partial charge in [0.1, 0.15) is 31.0 Å². The first-order valence-electron chi connectivity index (χ1n) is 10.7. The molecule has 2 aliphatic heterocycles. The highest BCUT2D eigenvalue weighted by Crippen LogP contribution is 2.46. The average Bonchev–Trinajstić information content (AvgIpc) is 3.13. The summed E-state index contributed by atoms with van der Waals surface area (Å²) >= 11 is 0. The minimum atomic E-state index is -1.69. The van der Waals surface area contributed by atoms with Gasteiger partial charge in [-0.3, -0.25) is 0 Å². The van der Waals surface area contributed by atoms with Crippen LogP contribution in [0.25, 0.3) is 0 Å². The van der Waals surface area contributed by atoms with Gasteiger partial charge >= 0.3 is 11.9 Å². The Morgan fingerprint density at radius 3 is 2.41 bits per heavy atom. The third kappa shape index (κ3) is 4.58. The fourth-order valence-corrected chi connectivity index (χ4v) is 4.46. The monoisotopic (exact) mass is 478 g/mol. The predicted octanol–water partition coefficient (Wildman–Crippen LogP) is -0.454. The van der Waals surface area contributed by atoms with Crippen molar-refractivity contribution in [3.8, 4) is 0 Å². The lowest BCUT2D eigenvalue weighted by Gasteiger charge is -2.42. The molecule has 0 spiro atoms. The number of benzene rings is 1. The molecule has 0 radical (unpaired) electrons. The van der Waals surface area contributed by atoms with Gasteiger partial charge in [0.25, 0.3) is 0 Å². The van der Waals surface area contributed by atoms with Crippen LogP contribution in [0.15, 0.2) is 54.3 Å². The minimum Gasteiger partial charge on any atom is -0.478 e. The lowest BCUT2D eigenvalue weighted by Crippen LogP contribution is -2.60. The van der Waals surface area contributed by atoms with Crippen LogP contribution in [0.5, 0.6) is 0 Å². The number of hydrogen-bond donors (Lipinski definition) is 5. The molecule has 1 aliphatic carbocycles. The third-order valence-corrected chi connectivity index (χ3v) is 6.36. The first kappa shape index (κ1) is 24.3. The van der Waals surface area contributed by atoms with E-state index in [2.05, 4.69) is 6.58 Å². The Kier molecular flexibility index (Phi) is 7.03. The lowest BCUT2D eigenvalue weighted by molar-refractivity contribution is -0.339. The summed E-state index contributed by atoms with van der Waals surface area (Å²) < 4.78 is 21.9. The zero-order chi connectivity index (χ0) is 24.6. The number of carbonyl (C=O) groups is 2. The van der Waals surface area contributed by atoms with Gasteiger partial charge in [0, 0.05) is 5.92 Å². The molecular formula is C23H26O11. The predicted molar refractivity (Wildman–Crippen MR) is 112 cm³/mol. The highest BCUT2D eigenvalue weighted by Gasteiger charge is 2.52. The molecule has 3 aliphatic rings. The molecule has 1 aromatic rings. The second-order valence-corrected chi connectivity index (χ2v) is 8.46. The van der Waals surface area contributed by atoms with Crippen molar-refractivity contribution in [1.82, 2.24) is 0 Å². The molecule has 11 heteroatoms. The van der Waals surface area contributed by atoms with E-state index < -0.39 is 73.5 Å². The summed E-state index contributed by atoms with van der Waals surface area (Å²) in [6.07, 6.45) is -8.76. The van der Waals surface area contributed by atoms with Crippen molar-refractivity contribution in [1.29, 1.82) is 0 Å². The number of aliphatic hydroxyl groups excluding tert-OH is 4. The molecule has 1 saturated heterocycles. The Morgan fingerprint density at radius 1 is 1.03 bits per heavy atom. The zero-order valence-corrected chi connectivity index (χ0v) is 18.0. The van der Waals surface area contributed by atoms with E-state index in [9.17, 15) is 35.1 Å². The van der Waals surface area contributed by atoms with Gasteiger partial charge in [-0.05, 0) is 24.1 Å². The fourth-order valence-electron chi connectivity index (χ4n) is 4.46. The molecule has 1 saturated carbocycles. The van der Waals surface area contributed by atoms with Crippen molar-refractivity contribution in [2.75, 3.05) is 6.61 Å². The number of aliphatic carboxylic acids is 1. The molecule has 11 nitrogen and oxygen atoms in total. The second kappa shape index (κ2) is 9.82. The summed E-state index contributed by atoms with van der Waals surface area (Å²) in [5.41, 5.74) is 0.539. The van der Waals surface area contributed by atoms with Crippen molar-refractivity contribution in [3.63, 3.8) is 0 Å². The molecular weight excluding hydrogens is 452 g/mol. The fraction of sp³-hybridized carbons (Fsp3) is 0.478. The number of carbonyl (C=O) groups excluding carboxylic acids is 1. The molecule has 9 atom stereocenters. The topological polar surface area (TPSA) is 172 Å². The van der Waals surface area contributed by atoms with Crippen molar-refractivity contribution in [2.24, 2.45) is 11.8 Å². The van der Waals surface area contributed by atoms with Crippen molar-refractivity contribution < 1.29 is 54.1 Å². The first-order valence-corrected chi connectivity index (χ1v) is 10.7. The highest BCUT2D eigenvalue weighted by atomic mass is 16.8. The van der Waals surface area contributed by atoms with Crippen LogP contribution in [0, 0.1) is 11.8 Å². The molecule has 2 heterocycles. The summed E-state index contributed by atoms with van der Waals surface area (Å²) in [4.78, 5) is 23.7. The van der Waals surface area contributed by atoms with E-state index in [0.29, 0.717) is 5.57 Å². The summed E-state index contributed by atoms with van der Waals surface area (Å²) in [5.74, 6) is -3.27. The smallest absolute Gasteiger partial charge is 0.338 e. The Labute approximate surface area is 194 Å². The lowest BCUT2D eigenvalue weighted by atomic mass is 9.85. The molecule has 4 rings (SSSR count). The number of hydrogen-bond acceptors (Lipinski definition) is 10. The van der Waals surface area contributed by atoms with E-state index >= 15 is 0 Å². The van der Waals surface area contributed by atoms with Crippen LogP contribution in [0.1, 0.15) is 16.8 Å². The molecule has 0 bridgehead atoms. The third-order valence-electron chi connectivity index (χ3n) is 6.36. The molecule has 2 fully saturated rings. The van der Waals surface area contributed by atoms with Crippen molar-refractivity contribution >= 4 is 11.9 Å². The normalized spacial score (nSPS) is 37.4. The van der Waals surface area contributed by atoms with E-state index in [-0.39, 0.29) is 17.6 Å². The van der Waals surface area contributed by atoms with Crippen LogP contribution in [0.2, 0.25) is 0 Å². The molecule has 34 heavy (non-hydrogen) atoms. The van der Waals surface area contributed by atoms with Gasteiger partial charge in [-0.1, -0.05) is 24.8 Å². The maximum Gasteiger partial charge on any atom is 0.338 e. The van der Waals surface area contributed by atoms with Gasteiger partial charge in [0.15, 0.2) is 6.29 Å². The maximum absolute atomic E-state index is 12.2. The number of carboxylic acids is 1. The van der Waals surface area contributed by atoms with Gasteiger partial charge in [-0.15, -0.1) is 0 Å². The van der Waals surface area contributed by atoms with Gasteiger partial charge in [0.2, 0.25) is 6.29 Å². The maximum atomic E-state index is 12.2. The number of ether oxygens (including phenoxy) is 4. The average molecular weight is 478 g/mol. The van der Waals surface area contributed by atoms with Crippen LogP contribution in [0.3, 0.4) is 0 Å². The summed E-state index contributed by atoms with van der Waals surface area (Å²) in [7, 11) is 0. The highest BCUT2D eigenvalue weighted by molar-refractivity contribution is 5.89. The molecule has 0 amide bonds. The number of aliphatic hydroxyl groups is 4. The van der Waals surface area contributed by atoms with E-state index in [1.54, 1.807) is 30.3 Å². The molecule has 0 unspecified atom stereocenters. The number of carboxylic acid groups (broad SMARTS) is 1. The molecule has 5 N–H and O–H groups in total. The van der Waals surface area contributed by atoms with Crippen LogP contribution >= 0.6 is 0 Å². The Morgan fingerprint density at radius 2 is 1.74 bits per heavy atom. The van der Waals surface area contributed by atoms with Crippen LogP contribution in [0.4, 0.5) is 0 Å². The van der Waals surface area contributed by atoms with Crippen molar-refractivity contribution in [3.05, 3.63) is 59.9 Å². The van der Waals surface area contributed by atoms with Gasteiger partial charge in [-0.25, -0.2) is 9.59 Å². The first-order chi connectivity index (χ1) is 16.2. The Balaban J connectivity index is 1.46. The van der Waals surface area contributed by atoms with Gasteiger partial charge in [-0.2, -0.15) is 0 Å². The molecule has 0 aromatic heterocycles. The number of rotatable bonds is 6. The second-order valence-electron chi connectivity index (χ2n) is 8.46. The SMILES string of the molecule is C=C1[C@H]2[C@H](O[C@@H]3O[C@H](COC(=O)c4ccccc4)[C@@H](O)[C@H](O)[C@H]3O)OC=C(C(=O)O)[C@H]2C[C@@H]1O. The summed E-state index contributed by atoms with van der Waals surface area (Å²) in [6, 6.07) is 8.13. The van der Waals surface area contributed by atoms with Gasteiger partial charge in [0.05, 0.1) is 29.4 Å². The molecule has 184 valence electrons. The number of fused-ring (bicyclic) bond motifs is 1. The van der Waals surface area contributed by atoms with Gasteiger partial charge < -0.3 is 44.5 Å². The van der Waals surface area contributed by atoms with Crippen LogP contribution in [-0.4, -0.2) is 87.2 Å². The van der Waals surface area contributed by atoms with E-state index in [0.717, 1.165) is 6.26 Å². The van der Waals surface area contributed by atoms with Crippen LogP contribution in [-0.2, 0) is 23.7 Å². The standard InChI is InChI=1S/C23H26O11/c1-10-14(24)7-12-13(20(28)29)8-32-22(16(10)12)34-23-19(27)18(26)17(25)15(33-23)9-31-21(30)11-5-3-2-4-6-11/h2-6,8,12,14-19,22-27H,1,7,9H2,(H,28,29)/t12-,14+,15-,16-,17-,18+,19-,22+,23+/m1/s1. The summed E-state index contributed by atoms with van der Waals surface area (Å²) in [5, 5.41) is 50.6. The van der Waals surface area contributed by atoms with Crippen LogP contribution < -0.4 is 0 Å². The van der Waals surface area contributed by atoms with E-state index in [4.69, 9.17) is 18.9 Å². The minimum absolute atomic E-state index is 0.0474. The Bertz CT molecular complexity index is 961. The van der Waals surface area contributed by atoms with E-state index in [1.165, 1.54) is 0 Å². The quantitative estimate of drug-likeness (QED) is 0.265. The van der Waals surface area contributed by atoms with Crippen molar-refractivity contribution in [2.45, 2.75) is 49.5 Å². The van der Waals surface area contributed by atoms with E-state index in [1.807, 2.05) is 0 Å². The zero-order valence-electron chi connectivity index (χ0n) is 18.0. The largest absolute Gasteiger partial charge is 0.478 e.